The molecule has 122 valence electrons. The molecule has 0 amide bonds. The van der Waals surface area contributed by atoms with Crippen LogP contribution in [0, 0.1) is 6.92 Å². The summed E-state index contributed by atoms with van der Waals surface area (Å²) in [5, 5.41) is 10.4. The van der Waals surface area contributed by atoms with Crippen molar-refractivity contribution in [3.63, 3.8) is 0 Å². The molecule has 0 atom stereocenters. The van der Waals surface area contributed by atoms with Crippen LogP contribution in [0.3, 0.4) is 0 Å². The zero-order valence-electron chi connectivity index (χ0n) is 13.3. The zero-order valence-corrected chi connectivity index (χ0v) is 14.9. The predicted octanol–water partition coefficient (Wildman–Crippen LogP) is 2.54. The molecule has 1 aromatic carbocycles. The third-order valence-corrected chi connectivity index (χ3v) is 4.58. The number of guanidine groups is 1. The summed E-state index contributed by atoms with van der Waals surface area (Å²) in [6.07, 6.45) is 2.38. The van der Waals surface area contributed by atoms with Gasteiger partial charge in [-0.25, -0.2) is 0 Å². The van der Waals surface area contributed by atoms with E-state index in [-0.39, 0.29) is 5.41 Å². The van der Waals surface area contributed by atoms with Crippen LogP contribution in [-0.2, 0) is 12.0 Å². The Kier molecular flexibility index (Phi) is 4.66. The van der Waals surface area contributed by atoms with Crippen LogP contribution in [0.4, 0.5) is 0 Å². The Morgan fingerprint density at radius 1 is 1.39 bits per heavy atom. The first kappa shape index (κ1) is 16.0. The number of nitrogens with zero attached hydrogens (tertiary/aromatic N) is 3. The zero-order chi connectivity index (χ0) is 16.3. The van der Waals surface area contributed by atoms with Crippen molar-refractivity contribution in [1.82, 2.24) is 20.8 Å². The van der Waals surface area contributed by atoms with Crippen molar-refractivity contribution >= 4 is 21.9 Å². The standard InChI is InChI=1S/C16H20BrN5O/c1-11-21-14(23-22-11)9-19-15(18-2)20-10-16(6-7-16)12-4-3-5-13(17)8-12/h3-5,8H,6-7,9-10H2,1-2H3,(H2,18,19,20). The van der Waals surface area contributed by atoms with Crippen molar-refractivity contribution in [2.75, 3.05) is 13.6 Å². The van der Waals surface area contributed by atoms with Gasteiger partial charge in [0, 0.05) is 23.5 Å². The van der Waals surface area contributed by atoms with E-state index in [0.717, 1.165) is 17.0 Å². The number of hydrogen-bond donors (Lipinski definition) is 2. The predicted molar refractivity (Wildman–Crippen MR) is 92.3 cm³/mol. The van der Waals surface area contributed by atoms with Gasteiger partial charge in [-0.2, -0.15) is 4.98 Å². The first-order valence-electron chi connectivity index (χ1n) is 7.61. The first-order valence-corrected chi connectivity index (χ1v) is 8.40. The van der Waals surface area contributed by atoms with Crippen molar-refractivity contribution in [3.8, 4) is 0 Å². The monoisotopic (exact) mass is 377 g/mol. The van der Waals surface area contributed by atoms with E-state index in [2.05, 4.69) is 66.0 Å². The van der Waals surface area contributed by atoms with Crippen LogP contribution < -0.4 is 10.6 Å². The molecule has 1 aromatic heterocycles. The molecule has 1 heterocycles. The van der Waals surface area contributed by atoms with Crippen LogP contribution in [0.25, 0.3) is 0 Å². The first-order chi connectivity index (χ1) is 11.1. The molecule has 23 heavy (non-hydrogen) atoms. The SMILES string of the molecule is CN=C(NCc1nc(C)no1)NCC1(c2cccc(Br)c2)CC1. The molecule has 1 aliphatic rings. The lowest BCUT2D eigenvalue weighted by atomic mass is 9.96. The number of hydrogen-bond acceptors (Lipinski definition) is 4. The average Bonchev–Trinajstić information content (AvgIpc) is 3.23. The van der Waals surface area contributed by atoms with E-state index < -0.39 is 0 Å². The minimum Gasteiger partial charge on any atom is -0.356 e. The van der Waals surface area contributed by atoms with E-state index in [1.54, 1.807) is 14.0 Å². The highest BCUT2D eigenvalue weighted by Crippen LogP contribution is 2.48. The highest BCUT2D eigenvalue weighted by molar-refractivity contribution is 9.10. The third kappa shape index (κ3) is 3.90. The molecule has 6 nitrogen and oxygen atoms in total. The normalized spacial score (nSPS) is 16.2. The Morgan fingerprint density at radius 3 is 2.83 bits per heavy atom. The molecule has 3 rings (SSSR count). The lowest BCUT2D eigenvalue weighted by molar-refractivity contribution is 0.371. The van der Waals surface area contributed by atoms with Crippen molar-refractivity contribution < 1.29 is 4.52 Å². The van der Waals surface area contributed by atoms with Crippen molar-refractivity contribution in [1.29, 1.82) is 0 Å². The number of benzene rings is 1. The van der Waals surface area contributed by atoms with Gasteiger partial charge in [-0.1, -0.05) is 33.2 Å². The maximum atomic E-state index is 5.09. The fourth-order valence-electron chi connectivity index (χ4n) is 2.58. The van der Waals surface area contributed by atoms with E-state index >= 15 is 0 Å². The molecule has 0 radical (unpaired) electrons. The Bertz CT molecular complexity index is 708. The highest BCUT2D eigenvalue weighted by atomic mass is 79.9. The topological polar surface area (TPSA) is 75.3 Å². The Morgan fingerprint density at radius 2 is 2.22 bits per heavy atom. The van der Waals surface area contributed by atoms with Crippen molar-refractivity contribution in [3.05, 3.63) is 46.0 Å². The van der Waals surface area contributed by atoms with Gasteiger partial charge in [0.2, 0.25) is 5.89 Å². The summed E-state index contributed by atoms with van der Waals surface area (Å²) in [6.45, 7) is 3.12. The second-order valence-corrected chi connectivity index (χ2v) is 6.72. The summed E-state index contributed by atoms with van der Waals surface area (Å²) in [5.74, 6) is 1.93. The fraction of sp³-hybridized carbons (Fsp3) is 0.438. The molecule has 0 aliphatic heterocycles. The van der Waals surface area contributed by atoms with Crippen LogP contribution in [0.5, 0.6) is 0 Å². The molecule has 1 saturated carbocycles. The number of aromatic nitrogens is 2. The maximum absolute atomic E-state index is 5.09. The molecule has 7 heteroatoms. The lowest BCUT2D eigenvalue weighted by Crippen LogP contribution is -2.41. The fourth-order valence-corrected chi connectivity index (χ4v) is 2.98. The summed E-state index contributed by atoms with van der Waals surface area (Å²) in [6, 6.07) is 8.53. The van der Waals surface area contributed by atoms with Gasteiger partial charge in [0.25, 0.3) is 0 Å². The molecule has 0 unspecified atom stereocenters. The maximum Gasteiger partial charge on any atom is 0.246 e. The lowest BCUT2D eigenvalue weighted by Gasteiger charge is -2.19. The van der Waals surface area contributed by atoms with Crippen LogP contribution in [-0.4, -0.2) is 29.7 Å². The Labute approximate surface area is 143 Å². The minimum absolute atomic E-state index is 0.211. The van der Waals surface area contributed by atoms with Crippen LogP contribution >= 0.6 is 15.9 Å². The van der Waals surface area contributed by atoms with Gasteiger partial charge in [-0.15, -0.1) is 0 Å². The van der Waals surface area contributed by atoms with E-state index in [1.807, 2.05) is 0 Å². The van der Waals surface area contributed by atoms with Gasteiger partial charge < -0.3 is 15.2 Å². The van der Waals surface area contributed by atoms with E-state index in [4.69, 9.17) is 4.52 Å². The van der Waals surface area contributed by atoms with E-state index in [1.165, 1.54) is 18.4 Å². The summed E-state index contributed by atoms with van der Waals surface area (Å²) < 4.78 is 6.21. The van der Waals surface area contributed by atoms with Gasteiger partial charge in [-0.05, 0) is 37.5 Å². The summed E-state index contributed by atoms with van der Waals surface area (Å²) in [5.41, 5.74) is 1.57. The van der Waals surface area contributed by atoms with Crippen LogP contribution in [0.2, 0.25) is 0 Å². The molecular formula is C16H20BrN5O. The van der Waals surface area contributed by atoms with Crippen molar-refractivity contribution in [2.24, 2.45) is 4.99 Å². The second kappa shape index (κ2) is 6.70. The van der Waals surface area contributed by atoms with Gasteiger partial charge in [-0.3, -0.25) is 4.99 Å². The number of nitrogens with one attached hydrogen (secondary N) is 2. The molecule has 0 spiro atoms. The molecule has 1 fully saturated rings. The second-order valence-electron chi connectivity index (χ2n) is 5.81. The number of halogens is 1. The Balaban J connectivity index is 1.56. The summed E-state index contributed by atoms with van der Waals surface area (Å²) in [7, 11) is 1.76. The third-order valence-electron chi connectivity index (χ3n) is 4.09. The molecule has 2 N–H and O–H groups in total. The van der Waals surface area contributed by atoms with Gasteiger partial charge in [0.15, 0.2) is 11.8 Å². The molecule has 1 aliphatic carbocycles. The average molecular weight is 378 g/mol. The van der Waals surface area contributed by atoms with Gasteiger partial charge in [0.1, 0.15) is 0 Å². The largest absolute Gasteiger partial charge is 0.356 e. The van der Waals surface area contributed by atoms with E-state index in [0.29, 0.717) is 18.3 Å². The van der Waals surface area contributed by atoms with Crippen molar-refractivity contribution in [2.45, 2.75) is 31.7 Å². The minimum atomic E-state index is 0.211. The molecular weight excluding hydrogens is 358 g/mol. The van der Waals surface area contributed by atoms with Crippen LogP contribution in [0.15, 0.2) is 38.3 Å². The smallest absolute Gasteiger partial charge is 0.246 e. The number of aryl methyl sites for hydroxylation is 1. The Hall–Kier alpha value is -1.89. The number of aliphatic imine (C=N–C) groups is 1. The summed E-state index contributed by atoms with van der Waals surface area (Å²) in [4.78, 5) is 8.41. The highest BCUT2D eigenvalue weighted by Gasteiger charge is 2.44. The quantitative estimate of drug-likeness (QED) is 0.618. The summed E-state index contributed by atoms with van der Waals surface area (Å²) >= 11 is 3.55. The van der Waals surface area contributed by atoms with Gasteiger partial charge >= 0.3 is 0 Å². The molecule has 0 saturated heterocycles. The van der Waals surface area contributed by atoms with Crippen LogP contribution in [0.1, 0.15) is 30.1 Å². The van der Waals surface area contributed by atoms with Gasteiger partial charge in [0.05, 0.1) is 6.54 Å². The number of rotatable bonds is 5. The molecule has 0 bridgehead atoms. The van der Waals surface area contributed by atoms with E-state index in [9.17, 15) is 0 Å². The molecule has 2 aromatic rings.